The number of likely N-dealkylation sites (tertiary alicyclic amines) is 1. The number of rotatable bonds is 3. The number of nitrogens with zero attached hydrogens (tertiary/aromatic N) is 1. The minimum absolute atomic E-state index is 0.705. The fourth-order valence-corrected chi connectivity index (χ4v) is 1.86. The Balaban J connectivity index is 1.68. The standard InChI is InChI=1S/C10H18FN/c1-8(2)9-5-12(6-9)7-10(11)3-4-10/h8-9H,3-7H2,1-2H3. The van der Waals surface area contributed by atoms with E-state index in [1.165, 1.54) is 0 Å². The van der Waals surface area contributed by atoms with Crippen molar-refractivity contribution in [2.45, 2.75) is 32.4 Å². The van der Waals surface area contributed by atoms with Crippen molar-refractivity contribution in [1.82, 2.24) is 4.90 Å². The van der Waals surface area contributed by atoms with Gasteiger partial charge in [0, 0.05) is 19.6 Å². The molecule has 12 heavy (non-hydrogen) atoms. The van der Waals surface area contributed by atoms with Crippen LogP contribution < -0.4 is 0 Å². The second-order valence-electron chi connectivity index (χ2n) is 4.85. The van der Waals surface area contributed by atoms with Gasteiger partial charge in [-0.25, -0.2) is 4.39 Å². The van der Waals surface area contributed by atoms with Crippen LogP contribution in [0.3, 0.4) is 0 Å². The molecule has 1 aliphatic carbocycles. The van der Waals surface area contributed by atoms with E-state index in [1.54, 1.807) is 0 Å². The topological polar surface area (TPSA) is 3.24 Å². The van der Waals surface area contributed by atoms with Gasteiger partial charge in [0.1, 0.15) is 5.67 Å². The lowest BCUT2D eigenvalue weighted by Gasteiger charge is -2.42. The Kier molecular flexibility index (Phi) is 1.90. The van der Waals surface area contributed by atoms with Crippen LogP contribution in [0, 0.1) is 11.8 Å². The van der Waals surface area contributed by atoms with E-state index in [9.17, 15) is 4.39 Å². The Morgan fingerprint density at radius 1 is 1.42 bits per heavy atom. The highest BCUT2D eigenvalue weighted by atomic mass is 19.1. The maximum atomic E-state index is 13.3. The second-order valence-corrected chi connectivity index (χ2v) is 4.85. The van der Waals surface area contributed by atoms with E-state index in [0.717, 1.165) is 37.8 Å². The van der Waals surface area contributed by atoms with E-state index in [1.807, 2.05) is 0 Å². The van der Waals surface area contributed by atoms with Crippen LogP contribution in [-0.4, -0.2) is 30.2 Å². The molecule has 2 fully saturated rings. The van der Waals surface area contributed by atoms with E-state index >= 15 is 0 Å². The smallest absolute Gasteiger partial charge is 0.123 e. The first-order chi connectivity index (χ1) is 5.59. The van der Waals surface area contributed by atoms with Crippen LogP contribution in [-0.2, 0) is 0 Å². The van der Waals surface area contributed by atoms with Gasteiger partial charge in [0.2, 0.25) is 0 Å². The van der Waals surface area contributed by atoms with Crippen molar-refractivity contribution in [3.05, 3.63) is 0 Å². The molecule has 0 N–H and O–H groups in total. The van der Waals surface area contributed by atoms with Crippen LogP contribution >= 0.6 is 0 Å². The summed E-state index contributed by atoms with van der Waals surface area (Å²) >= 11 is 0. The van der Waals surface area contributed by atoms with E-state index < -0.39 is 5.67 Å². The molecule has 0 unspecified atom stereocenters. The zero-order valence-electron chi connectivity index (χ0n) is 8.02. The third kappa shape index (κ3) is 1.63. The third-order valence-electron chi connectivity index (χ3n) is 3.23. The molecule has 0 atom stereocenters. The molecule has 2 aliphatic rings. The van der Waals surface area contributed by atoms with Gasteiger partial charge in [0.25, 0.3) is 0 Å². The Morgan fingerprint density at radius 3 is 2.42 bits per heavy atom. The molecule has 0 aromatic heterocycles. The summed E-state index contributed by atoms with van der Waals surface area (Å²) in [6, 6.07) is 0. The Morgan fingerprint density at radius 2 is 2.00 bits per heavy atom. The summed E-state index contributed by atoms with van der Waals surface area (Å²) in [6.07, 6.45) is 1.60. The molecule has 2 heteroatoms. The molecule has 70 valence electrons. The summed E-state index contributed by atoms with van der Waals surface area (Å²) in [5.41, 5.74) is -0.776. The van der Waals surface area contributed by atoms with Crippen molar-refractivity contribution in [2.75, 3.05) is 19.6 Å². The maximum Gasteiger partial charge on any atom is 0.123 e. The van der Waals surface area contributed by atoms with Crippen LogP contribution in [0.25, 0.3) is 0 Å². The molecule has 2 rings (SSSR count). The Hall–Kier alpha value is -0.110. The van der Waals surface area contributed by atoms with E-state index in [4.69, 9.17) is 0 Å². The van der Waals surface area contributed by atoms with Crippen LogP contribution in [0.5, 0.6) is 0 Å². The molecular weight excluding hydrogens is 153 g/mol. The van der Waals surface area contributed by atoms with Crippen molar-refractivity contribution >= 4 is 0 Å². The molecule has 0 aromatic rings. The van der Waals surface area contributed by atoms with E-state index in [-0.39, 0.29) is 0 Å². The highest BCUT2D eigenvalue weighted by Crippen LogP contribution is 2.41. The zero-order valence-corrected chi connectivity index (χ0v) is 8.02. The predicted molar refractivity (Wildman–Crippen MR) is 47.8 cm³/mol. The van der Waals surface area contributed by atoms with Crippen LogP contribution in [0.4, 0.5) is 4.39 Å². The lowest BCUT2D eigenvalue weighted by Crippen LogP contribution is -2.51. The summed E-state index contributed by atoms with van der Waals surface area (Å²) in [5, 5.41) is 0. The van der Waals surface area contributed by atoms with Gasteiger partial charge in [-0.2, -0.15) is 0 Å². The minimum Gasteiger partial charge on any atom is -0.299 e. The molecule has 0 bridgehead atoms. The minimum atomic E-state index is -0.776. The van der Waals surface area contributed by atoms with Gasteiger partial charge in [-0.15, -0.1) is 0 Å². The molecule has 0 spiro atoms. The first-order valence-corrected chi connectivity index (χ1v) is 5.00. The van der Waals surface area contributed by atoms with Crippen LogP contribution in [0.1, 0.15) is 26.7 Å². The van der Waals surface area contributed by atoms with Gasteiger partial charge in [-0.1, -0.05) is 13.8 Å². The van der Waals surface area contributed by atoms with Crippen molar-refractivity contribution in [3.63, 3.8) is 0 Å². The lowest BCUT2D eigenvalue weighted by molar-refractivity contribution is 0.0395. The van der Waals surface area contributed by atoms with E-state index in [2.05, 4.69) is 18.7 Å². The summed E-state index contributed by atoms with van der Waals surface area (Å²) in [4.78, 5) is 2.26. The molecule has 0 amide bonds. The molecular formula is C10H18FN. The lowest BCUT2D eigenvalue weighted by atomic mass is 9.88. The number of hydrogen-bond acceptors (Lipinski definition) is 1. The first kappa shape index (κ1) is 8.49. The summed E-state index contributed by atoms with van der Waals surface area (Å²) in [6.45, 7) is 7.47. The Labute approximate surface area is 73.9 Å². The van der Waals surface area contributed by atoms with E-state index in [0.29, 0.717) is 6.54 Å². The molecule has 1 saturated heterocycles. The zero-order chi connectivity index (χ0) is 8.77. The third-order valence-corrected chi connectivity index (χ3v) is 3.23. The highest BCUT2D eigenvalue weighted by Gasteiger charge is 2.46. The van der Waals surface area contributed by atoms with Crippen molar-refractivity contribution in [2.24, 2.45) is 11.8 Å². The average molecular weight is 171 g/mol. The second kappa shape index (κ2) is 2.69. The molecule has 0 radical (unpaired) electrons. The fourth-order valence-electron chi connectivity index (χ4n) is 1.86. The van der Waals surface area contributed by atoms with Crippen molar-refractivity contribution < 1.29 is 4.39 Å². The summed E-state index contributed by atoms with van der Waals surface area (Å²) < 4.78 is 13.3. The van der Waals surface area contributed by atoms with Gasteiger partial charge in [-0.3, -0.25) is 4.90 Å². The van der Waals surface area contributed by atoms with Gasteiger partial charge in [-0.05, 0) is 24.7 Å². The van der Waals surface area contributed by atoms with Crippen LogP contribution in [0.15, 0.2) is 0 Å². The number of halogens is 1. The Bertz CT molecular complexity index is 169. The van der Waals surface area contributed by atoms with Crippen LogP contribution in [0.2, 0.25) is 0 Å². The quantitative estimate of drug-likeness (QED) is 0.628. The van der Waals surface area contributed by atoms with Gasteiger partial charge >= 0.3 is 0 Å². The molecule has 0 aromatic carbocycles. The average Bonchev–Trinajstić information content (AvgIpc) is 2.58. The van der Waals surface area contributed by atoms with Crippen molar-refractivity contribution in [3.8, 4) is 0 Å². The van der Waals surface area contributed by atoms with Gasteiger partial charge in [0.05, 0.1) is 0 Å². The fraction of sp³-hybridized carbons (Fsp3) is 1.00. The van der Waals surface area contributed by atoms with Gasteiger partial charge < -0.3 is 0 Å². The predicted octanol–water partition coefficient (Wildman–Crippen LogP) is 2.08. The monoisotopic (exact) mass is 171 g/mol. The summed E-state index contributed by atoms with van der Waals surface area (Å²) in [7, 11) is 0. The summed E-state index contributed by atoms with van der Waals surface area (Å²) in [5.74, 6) is 1.60. The molecule has 1 nitrogen and oxygen atoms in total. The van der Waals surface area contributed by atoms with Gasteiger partial charge in [0.15, 0.2) is 0 Å². The number of hydrogen-bond donors (Lipinski definition) is 0. The molecule has 1 saturated carbocycles. The number of alkyl halides is 1. The largest absolute Gasteiger partial charge is 0.299 e. The molecule has 1 heterocycles. The molecule has 1 aliphatic heterocycles. The van der Waals surface area contributed by atoms with Crippen molar-refractivity contribution in [1.29, 1.82) is 0 Å². The normalized spacial score (nSPS) is 29.0. The maximum absolute atomic E-state index is 13.3. The SMILES string of the molecule is CC(C)C1CN(CC2(F)CC2)C1. The highest BCUT2D eigenvalue weighted by molar-refractivity contribution is 4.99. The first-order valence-electron chi connectivity index (χ1n) is 5.00.